The summed E-state index contributed by atoms with van der Waals surface area (Å²) in [7, 11) is 0. The fourth-order valence-electron chi connectivity index (χ4n) is 1.73. The first-order valence-corrected chi connectivity index (χ1v) is 6.05. The van der Waals surface area contributed by atoms with Crippen LogP contribution in [0, 0.1) is 11.3 Å². The fourth-order valence-corrected chi connectivity index (χ4v) is 1.73. The Bertz CT molecular complexity index is 335. The lowest BCUT2D eigenvalue weighted by atomic mass is 10.1. The number of hydrogen-bond acceptors (Lipinski definition) is 2. The molecular weight excluding hydrogens is 198 g/mol. The second kappa shape index (κ2) is 7.08. The molecule has 0 aliphatic rings. The summed E-state index contributed by atoms with van der Waals surface area (Å²) in [6.45, 7) is 6.22. The quantitative estimate of drug-likeness (QED) is 0.766. The maximum atomic E-state index is 8.64. The number of nitriles is 1. The van der Waals surface area contributed by atoms with Gasteiger partial charge in [-0.1, -0.05) is 13.8 Å². The molecule has 1 atom stereocenters. The van der Waals surface area contributed by atoms with E-state index in [0.29, 0.717) is 12.5 Å². The van der Waals surface area contributed by atoms with Gasteiger partial charge in [0.2, 0.25) is 0 Å². The third-order valence-electron chi connectivity index (χ3n) is 2.72. The maximum absolute atomic E-state index is 8.64. The van der Waals surface area contributed by atoms with Crippen LogP contribution in [0.2, 0.25) is 0 Å². The van der Waals surface area contributed by atoms with Crippen LogP contribution < -0.4 is 5.32 Å². The van der Waals surface area contributed by atoms with Crippen molar-refractivity contribution in [1.82, 2.24) is 9.88 Å². The van der Waals surface area contributed by atoms with Crippen LogP contribution in [0.3, 0.4) is 0 Å². The summed E-state index contributed by atoms with van der Waals surface area (Å²) in [6, 6.07) is 4.67. The average molecular weight is 219 g/mol. The van der Waals surface area contributed by atoms with E-state index < -0.39 is 0 Å². The third kappa shape index (κ3) is 4.08. The predicted molar refractivity (Wildman–Crippen MR) is 65.9 cm³/mol. The highest BCUT2D eigenvalue weighted by Gasteiger charge is 2.04. The van der Waals surface area contributed by atoms with Gasteiger partial charge in [-0.2, -0.15) is 5.26 Å². The molecule has 0 bridgehead atoms. The number of aryl methyl sites for hydroxylation is 1. The number of nitrogens with one attached hydrogen (secondary N) is 1. The van der Waals surface area contributed by atoms with Gasteiger partial charge in [-0.25, -0.2) is 0 Å². The summed E-state index contributed by atoms with van der Waals surface area (Å²) in [6.07, 6.45) is 7.05. The second-order valence-electron chi connectivity index (χ2n) is 4.11. The van der Waals surface area contributed by atoms with Gasteiger partial charge in [0.1, 0.15) is 0 Å². The van der Waals surface area contributed by atoms with Crippen molar-refractivity contribution in [2.75, 3.05) is 0 Å². The van der Waals surface area contributed by atoms with Gasteiger partial charge in [0.25, 0.3) is 0 Å². The monoisotopic (exact) mass is 219 g/mol. The Balaban J connectivity index is 2.38. The summed E-state index contributed by atoms with van der Waals surface area (Å²) >= 11 is 0. The van der Waals surface area contributed by atoms with Crippen molar-refractivity contribution in [2.24, 2.45) is 0 Å². The first-order valence-electron chi connectivity index (χ1n) is 6.05. The standard InChI is InChI=1S/C13H21N3/c1-3-8-16-9-6-12(11-16)10-15-13(4-2)5-7-14/h6,9,11,13,15H,3-5,8,10H2,1-2H3. The molecule has 1 heterocycles. The SMILES string of the molecule is CCCn1ccc(CNC(CC)CC#N)c1. The van der Waals surface area contributed by atoms with E-state index in [1.54, 1.807) is 0 Å². The van der Waals surface area contributed by atoms with Crippen molar-refractivity contribution < 1.29 is 0 Å². The third-order valence-corrected chi connectivity index (χ3v) is 2.72. The smallest absolute Gasteiger partial charge is 0.0638 e. The molecule has 1 aromatic heterocycles. The van der Waals surface area contributed by atoms with E-state index >= 15 is 0 Å². The Labute approximate surface area is 98.1 Å². The molecule has 0 saturated carbocycles. The molecule has 1 N–H and O–H groups in total. The number of hydrogen-bond donors (Lipinski definition) is 1. The largest absolute Gasteiger partial charge is 0.354 e. The van der Waals surface area contributed by atoms with Gasteiger partial charge in [0.15, 0.2) is 0 Å². The molecule has 0 radical (unpaired) electrons. The van der Waals surface area contributed by atoms with Crippen LogP contribution in [0.4, 0.5) is 0 Å². The van der Waals surface area contributed by atoms with E-state index in [2.05, 4.69) is 48.3 Å². The van der Waals surface area contributed by atoms with E-state index in [0.717, 1.165) is 25.9 Å². The lowest BCUT2D eigenvalue weighted by Crippen LogP contribution is -2.27. The minimum Gasteiger partial charge on any atom is -0.354 e. The van der Waals surface area contributed by atoms with Crippen LogP contribution in [-0.4, -0.2) is 10.6 Å². The van der Waals surface area contributed by atoms with Crippen molar-refractivity contribution >= 4 is 0 Å². The Morgan fingerprint density at radius 2 is 2.31 bits per heavy atom. The highest BCUT2D eigenvalue weighted by atomic mass is 14.9. The molecule has 0 fully saturated rings. The van der Waals surface area contributed by atoms with Gasteiger partial charge >= 0.3 is 0 Å². The molecule has 88 valence electrons. The second-order valence-corrected chi connectivity index (χ2v) is 4.11. The molecule has 0 aliphatic carbocycles. The van der Waals surface area contributed by atoms with Crippen molar-refractivity contribution in [3.63, 3.8) is 0 Å². The molecule has 1 rings (SSSR count). The summed E-state index contributed by atoms with van der Waals surface area (Å²) in [5.41, 5.74) is 1.30. The summed E-state index contributed by atoms with van der Waals surface area (Å²) in [4.78, 5) is 0. The van der Waals surface area contributed by atoms with Gasteiger partial charge in [0.05, 0.1) is 12.5 Å². The average Bonchev–Trinajstić information content (AvgIpc) is 2.72. The molecule has 0 aliphatic heterocycles. The van der Waals surface area contributed by atoms with E-state index in [4.69, 9.17) is 5.26 Å². The van der Waals surface area contributed by atoms with Gasteiger partial charge in [-0.15, -0.1) is 0 Å². The molecule has 3 nitrogen and oxygen atoms in total. The lowest BCUT2D eigenvalue weighted by molar-refractivity contribution is 0.504. The first kappa shape index (κ1) is 12.8. The molecule has 1 unspecified atom stereocenters. The Kier molecular flexibility index (Phi) is 5.66. The normalized spacial score (nSPS) is 12.3. The molecule has 3 heteroatoms. The van der Waals surface area contributed by atoms with Crippen LogP contribution in [0.5, 0.6) is 0 Å². The Morgan fingerprint density at radius 1 is 1.50 bits per heavy atom. The van der Waals surface area contributed by atoms with Gasteiger partial charge in [-0.3, -0.25) is 0 Å². The first-order chi connectivity index (χ1) is 7.80. The fraction of sp³-hybridized carbons (Fsp3) is 0.615. The van der Waals surface area contributed by atoms with Crippen LogP contribution >= 0.6 is 0 Å². The number of aromatic nitrogens is 1. The zero-order valence-corrected chi connectivity index (χ0v) is 10.2. The maximum Gasteiger partial charge on any atom is 0.0638 e. The molecule has 0 spiro atoms. The minimum absolute atomic E-state index is 0.319. The van der Waals surface area contributed by atoms with E-state index in [-0.39, 0.29) is 0 Å². The van der Waals surface area contributed by atoms with E-state index in [9.17, 15) is 0 Å². The van der Waals surface area contributed by atoms with Crippen LogP contribution in [-0.2, 0) is 13.1 Å². The van der Waals surface area contributed by atoms with E-state index in [1.807, 2.05) is 0 Å². The zero-order chi connectivity index (χ0) is 11.8. The molecular formula is C13H21N3. The molecule has 1 aromatic rings. The topological polar surface area (TPSA) is 40.8 Å². The molecule has 0 amide bonds. The number of nitrogens with zero attached hydrogens (tertiary/aromatic N) is 2. The lowest BCUT2D eigenvalue weighted by Gasteiger charge is -2.12. The van der Waals surface area contributed by atoms with Crippen LogP contribution in [0.15, 0.2) is 18.5 Å². The molecule has 0 saturated heterocycles. The van der Waals surface area contributed by atoms with Crippen LogP contribution in [0.1, 0.15) is 38.7 Å². The number of rotatable bonds is 7. The molecule has 16 heavy (non-hydrogen) atoms. The predicted octanol–water partition coefficient (Wildman–Crippen LogP) is 2.68. The van der Waals surface area contributed by atoms with Crippen molar-refractivity contribution in [3.05, 3.63) is 24.0 Å². The minimum atomic E-state index is 0.319. The van der Waals surface area contributed by atoms with Crippen molar-refractivity contribution in [2.45, 2.75) is 52.2 Å². The van der Waals surface area contributed by atoms with Gasteiger partial charge < -0.3 is 9.88 Å². The Morgan fingerprint density at radius 3 is 2.94 bits per heavy atom. The summed E-state index contributed by atoms with van der Waals surface area (Å²) in [5, 5.41) is 12.1. The van der Waals surface area contributed by atoms with Crippen molar-refractivity contribution in [1.29, 1.82) is 5.26 Å². The zero-order valence-electron chi connectivity index (χ0n) is 10.2. The van der Waals surface area contributed by atoms with Gasteiger partial charge in [-0.05, 0) is 24.5 Å². The summed E-state index contributed by atoms with van der Waals surface area (Å²) < 4.78 is 2.21. The van der Waals surface area contributed by atoms with Crippen LogP contribution in [0.25, 0.3) is 0 Å². The highest BCUT2D eigenvalue weighted by molar-refractivity contribution is 5.10. The highest BCUT2D eigenvalue weighted by Crippen LogP contribution is 2.04. The molecule has 0 aromatic carbocycles. The Hall–Kier alpha value is -1.27. The van der Waals surface area contributed by atoms with E-state index in [1.165, 1.54) is 5.56 Å². The summed E-state index contributed by atoms with van der Waals surface area (Å²) in [5.74, 6) is 0. The van der Waals surface area contributed by atoms with Crippen molar-refractivity contribution in [3.8, 4) is 6.07 Å². The van der Waals surface area contributed by atoms with Gasteiger partial charge in [0, 0.05) is 31.5 Å².